The molecule has 1 N–H and O–H groups in total. The van der Waals surface area contributed by atoms with E-state index in [1.54, 1.807) is 0 Å². The third kappa shape index (κ3) is 11.8. The molecular formula is C11H22F3NO. The largest absolute Gasteiger partial charge is 0.411 e. The summed E-state index contributed by atoms with van der Waals surface area (Å²) in [5.41, 5.74) is 0. The zero-order valence-electron chi connectivity index (χ0n) is 10.1. The van der Waals surface area contributed by atoms with Crippen molar-refractivity contribution in [1.82, 2.24) is 5.32 Å². The summed E-state index contributed by atoms with van der Waals surface area (Å²) < 4.78 is 39.7. The Hall–Kier alpha value is -0.290. The Balaban J connectivity index is 3.24. The molecule has 0 spiro atoms. The summed E-state index contributed by atoms with van der Waals surface area (Å²) in [6, 6.07) is 0. The van der Waals surface area contributed by atoms with Crippen LogP contribution in [-0.2, 0) is 4.74 Å². The maximum Gasteiger partial charge on any atom is 0.411 e. The molecule has 0 aromatic carbocycles. The maximum absolute atomic E-state index is 11.7. The minimum Gasteiger partial charge on any atom is -0.372 e. The van der Waals surface area contributed by atoms with Gasteiger partial charge in [0.05, 0.1) is 0 Å². The van der Waals surface area contributed by atoms with Gasteiger partial charge in [-0.1, -0.05) is 13.8 Å². The monoisotopic (exact) mass is 241 g/mol. The molecule has 16 heavy (non-hydrogen) atoms. The van der Waals surface area contributed by atoms with E-state index < -0.39 is 12.8 Å². The summed E-state index contributed by atoms with van der Waals surface area (Å²) >= 11 is 0. The van der Waals surface area contributed by atoms with Gasteiger partial charge in [0.1, 0.15) is 6.61 Å². The van der Waals surface area contributed by atoms with Gasteiger partial charge in [0.15, 0.2) is 0 Å². The van der Waals surface area contributed by atoms with E-state index in [9.17, 15) is 13.2 Å². The summed E-state index contributed by atoms with van der Waals surface area (Å²) in [6.07, 6.45) is -1.52. The second-order valence-corrected chi connectivity index (χ2v) is 4.06. The van der Waals surface area contributed by atoms with Gasteiger partial charge in [-0.3, -0.25) is 0 Å². The Labute approximate surface area is 95.5 Å². The molecule has 98 valence electrons. The van der Waals surface area contributed by atoms with Crippen molar-refractivity contribution < 1.29 is 17.9 Å². The second-order valence-electron chi connectivity index (χ2n) is 4.06. The fourth-order valence-electron chi connectivity index (χ4n) is 1.39. The van der Waals surface area contributed by atoms with Crippen LogP contribution in [0.15, 0.2) is 0 Å². The van der Waals surface area contributed by atoms with Crippen molar-refractivity contribution in [2.75, 3.05) is 26.3 Å². The Morgan fingerprint density at radius 2 is 1.94 bits per heavy atom. The molecule has 1 atom stereocenters. The molecule has 5 heteroatoms. The predicted octanol–water partition coefficient (Wildman–Crippen LogP) is 2.98. The summed E-state index contributed by atoms with van der Waals surface area (Å²) in [6.45, 7) is 5.17. The summed E-state index contributed by atoms with van der Waals surface area (Å²) in [5.74, 6) is 0.536. The molecule has 0 radical (unpaired) electrons. The van der Waals surface area contributed by atoms with E-state index >= 15 is 0 Å². The topological polar surface area (TPSA) is 21.3 Å². The molecule has 0 bridgehead atoms. The average molecular weight is 241 g/mol. The van der Waals surface area contributed by atoms with Crippen LogP contribution in [-0.4, -0.2) is 32.5 Å². The van der Waals surface area contributed by atoms with E-state index in [4.69, 9.17) is 0 Å². The van der Waals surface area contributed by atoms with E-state index in [1.165, 1.54) is 0 Å². The number of ether oxygens (including phenoxy) is 1. The molecule has 0 aliphatic rings. The third-order valence-corrected chi connectivity index (χ3v) is 2.32. The highest BCUT2D eigenvalue weighted by molar-refractivity contribution is 4.56. The Morgan fingerprint density at radius 1 is 1.25 bits per heavy atom. The van der Waals surface area contributed by atoms with E-state index in [-0.39, 0.29) is 6.61 Å². The molecule has 0 heterocycles. The molecule has 2 nitrogen and oxygen atoms in total. The van der Waals surface area contributed by atoms with Gasteiger partial charge >= 0.3 is 6.18 Å². The molecule has 0 aliphatic heterocycles. The van der Waals surface area contributed by atoms with E-state index in [0.29, 0.717) is 12.3 Å². The molecular weight excluding hydrogens is 219 g/mol. The van der Waals surface area contributed by atoms with E-state index in [2.05, 4.69) is 23.9 Å². The Bertz CT molecular complexity index is 162. The number of alkyl halides is 3. The average Bonchev–Trinajstić information content (AvgIpc) is 2.16. The van der Waals surface area contributed by atoms with Gasteiger partial charge in [-0.2, -0.15) is 13.2 Å². The molecule has 0 saturated carbocycles. The lowest BCUT2D eigenvalue weighted by molar-refractivity contribution is -0.174. The second kappa shape index (κ2) is 8.82. The number of hydrogen-bond donors (Lipinski definition) is 1. The summed E-state index contributed by atoms with van der Waals surface area (Å²) in [4.78, 5) is 0. The first-order chi connectivity index (χ1) is 7.45. The highest BCUT2D eigenvalue weighted by Gasteiger charge is 2.27. The van der Waals surface area contributed by atoms with Crippen LogP contribution < -0.4 is 5.32 Å². The maximum atomic E-state index is 11.7. The van der Waals surface area contributed by atoms with Crippen molar-refractivity contribution in [2.45, 2.75) is 39.3 Å². The summed E-state index contributed by atoms with van der Waals surface area (Å²) in [5, 5.41) is 3.22. The Kier molecular flexibility index (Phi) is 8.66. The predicted molar refractivity (Wildman–Crippen MR) is 58.4 cm³/mol. The van der Waals surface area contributed by atoms with Crippen LogP contribution in [0, 0.1) is 5.92 Å². The van der Waals surface area contributed by atoms with Crippen LogP contribution in [0.1, 0.15) is 33.1 Å². The van der Waals surface area contributed by atoms with Crippen molar-refractivity contribution in [2.24, 2.45) is 5.92 Å². The Morgan fingerprint density at radius 3 is 2.50 bits per heavy atom. The first-order valence-corrected chi connectivity index (χ1v) is 5.81. The van der Waals surface area contributed by atoms with Crippen molar-refractivity contribution >= 4 is 0 Å². The van der Waals surface area contributed by atoms with Crippen LogP contribution in [0.4, 0.5) is 13.2 Å². The molecule has 0 saturated heterocycles. The van der Waals surface area contributed by atoms with Crippen LogP contribution in [0.25, 0.3) is 0 Å². The standard InChI is InChI=1S/C11H22F3NO/c1-3-15-7-6-10(2)5-4-8-16-9-11(12,13)14/h10,15H,3-9H2,1-2H3. The highest BCUT2D eigenvalue weighted by Crippen LogP contribution is 2.15. The zero-order chi connectivity index (χ0) is 12.4. The molecule has 0 fully saturated rings. The van der Waals surface area contributed by atoms with E-state index in [0.717, 1.165) is 25.9 Å². The fourth-order valence-corrected chi connectivity index (χ4v) is 1.39. The molecule has 1 unspecified atom stereocenters. The highest BCUT2D eigenvalue weighted by atomic mass is 19.4. The van der Waals surface area contributed by atoms with Gasteiger partial charge in [0.25, 0.3) is 0 Å². The van der Waals surface area contributed by atoms with Gasteiger partial charge in [0, 0.05) is 6.61 Å². The molecule has 0 aromatic heterocycles. The van der Waals surface area contributed by atoms with Crippen LogP contribution in [0.3, 0.4) is 0 Å². The van der Waals surface area contributed by atoms with Crippen molar-refractivity contribution in [1.29, 1.82) is 0 Å². The van der Waals surface area contributed by atoms with Crippen LogP contribution in [0.2, 0.25) is 0 Å². The molecule has 0 aliphatic carbocycles. The first kappa shape index (κ1) is 15.7. The minimum absolute atomic E-state index is 0.199. The minimum atomic E-state index is -4.20. The fraction of sp³-hybridized carbons (Fsp3) is 1.00. The van der Waals surface area contributed by atoms with Crippen LogP contribution >= 0.6 is 0 Å². The van der Waals surface area contributed by atoms with Gasteiger partial charge in [-0.05, 0) is 38.3 Å². The zero-order valence-corrected chi connectivity index (χ0v) is 10.1. The van der Waals surface area contributed by atoms with Crippen molar-refractivity contribution in [3.05, 3.63) is 0 Å². The number of nitrogens with one attached hydrogen (secondary N) is 1. The number of halogens is 3. The van der Waals surface area contributed by atoms with Gasteiger partial charge in [-0.15, -0.1) is 0 Å². The van der Waals surface area contributed by atoms with Gasteiger partial charge in [-0.25, -0.2) is 0 Å². The van der Waals surface area contributed by atoms with Crippen molar-refractivity contribution in [3.63, 3.8) is 0 Å². The van der Waals surface area contributed by atoms with Gasteiger partial charge in [0.2, 0.25) is 0 Å². The lowest BCUT2D eigenvalue weighted by atomic mass is 10.0. The normalized spacial score (nSPS) is 14.1. The number of rotatable bonds is 9. The van der Waals surface area contributed by atoms with E-state index in [1.807, 2.05) is 0 Å². The summed E-state index contributed by atoms with van der Waals surface area (Å²) in [7, 11) is 0. The number of hydrogen-bond acceptors (Lipinski definition) is 2. The molecule has 0 rings (SSSR count). The third-order valence-electron chi connectivity index (χ3n) is 2.32. The molecule has 0 aromatic rings. The van der Waals surface area contributed by atoms with Crippen molar-refractivity contribution in [3.8, 4) is 0 Å². The van der Waals surface area contributed by atoms with Crippen LogP contribution in [0.5, 0.6) is 0 Å². The lowest BCUT2D eigenvalue weighted by Gasteiger charge is -2.12. The SMILES string of the molecule is CCNCCC(C)CCCOCC(F)(F)F. The molecule has 0 amide bonds. The van der Waals surface area contributed by atoms with Gasteiger partial charge < -0.3 is 10.1 Å². The lowest BCUT2D eigenvalue weighted by Crippen LogP contribution is -2.18. The smallest absolute Gasteiger partial charge is 0.372 e. The quantitative estimate of drug-likeness (QED) is 0.627. The first-order valence-electron chi connectivity index (χ1n) is 5.81.